The number of carbonyl (C=O) groups is 1. The molecule has 0 N–H and O–H groups in total. The number of hydrogen-bond acceptors (Lipinski definition) is 3. The number of ether oxygens (including phenoxy) is 2. The Hall–Kier alpha value is -1.35. The maximum absolute atomic E-state index is 12.5. The van der Waals surface area contributed by atoms with Gasteiger partial charge in [-0.2, -0.15) is 0 Å². The molecular weight excluding hydrogens is 228 g/mol. The minimum absolute atomic E-state index is 0.0793. The van der Waals surface area contributed by atoms with Crippen LogP contribution in [0.5, 0.6) is 5.75 Å². The summed E-state index contributed by atoms with van der Waals surface area (Å²) in [6.07, 6.45) is 0.818. The van der Waals surface area contributed by atoms with Gasteiger partial charge in [-0.05, 0) is 31.4 Å². The van der Waals surface area contributed by atoms with Crippen LogP contribution in [0, 0.1) is 11.8 Å². The van der Waals surface area contributed by atoms with E-state index in [4.69, 9.17) is 9.47 Å². The lowest BCUT2D eigenvalue weighted by atomic mass is 9.83. The van der Waals surface area contributed by atoms with Crippen LogP contribution in [0.4, 0.5) is 0 Å². The van der Waals surface area contributed by atoms with Gasteiger partial charge < -0.3 is 9.47 Å². The fourth-order valence-electron chi connectivity index (χ4n) is 2.39. The van der Waals surface area contributed by atoms with Gasteiger partial charge in [-0.3, -0.25) is 4.79 Å². The molecule has 1 aliphatic heterocycles. The molecule has 0 amide bonds. The van der Waals surface area contributed by atoms with Crippen LogP contribution in [-0.2, 0) is 4.74 Å². The first-order valence-corrected chi connectivity index (χ1v) is 6.57. The summed E-state index contributed by atoms with van der Waals surface area (Å²) < 4.78 is 10.8. The molecule has 1 saturated heterocycles. The Morgan fingerprint density at radius 2 is 2.33 bits per heavy atom. The van der Waals surface area contributed by atoms with Gasteiger partial charge in [-0.1, -0.05) is 19.1 Å². The zero-order valence-corrected chi connectivity index (χ0v) is 11.0. The van der Waals surface area contributed by atoms with E-state index in [9.17, 15) is 4.79 Å². The summed E-state index contributed by atoms with van der Waals surface area (Å²) in [4.78, 5) is 12.5. The summed E-state index contributed by atoms with van der Waals surface area (Å²) in [5.74, 6) is 1.35. The first-order valence-electron chi connectivity index (χ1n) is 6.57. The van der Waals surface area contributed by atoms with Crippen molar-refractivity contribution >= 4 is 5.78 Å². The number of Topliss-reactive ketones (excluding diaryl/α,β-unsaturated/α-hetero) is 1. The highest BCUT2D eigenvalue weighted by molar-refractivity contribution is 5.98. The number of hydrogen-bond donors (Lipinski definition) is 0. The number of carbonyl (C=O) groups excluding carboxylic acids is 1. The highest BCUT2D eigenvalue weighted by Gasteiger charge is 2.29. The Morgan fingerprint density at radius 1 is 1.50 bits per heavy atom. The molecule has 2 unspecified atom stereocenters. The van der Waals surface area contributed by atoms with Crippen molar-refractivity contribution in [1.82, 2.24) is 0 Å². The van der Waals surface area contributed by atoms with Gasteiger partial charge in [0.05, 0.1) is 6.61 Å². The lowest BCUT2D eigenvalue weighted by molar-refractivity contribution is 0.0241. The standard InChI is InChI=1S/C15H20O3/c1-3-18-13-6-4-5-12(9-13)15(16)14-7-8-17-10-11(14)2/h4-6,9,11,14H,3,7-8,10H2,1-2H3. The number of ketones is 1. The summed E-state index contributed by atoms with van der Waals surface area (Å²) in [6.45, 7) is 6.00. The second kappa shape index (κ2) is 6.01. The van der Waals surface area contributed by atoms with Crippen LogP contribution in [0.3, 0.4) is 0 Å². The fraction of sp³-hybridized carbons (Fsp3) is 0.533. The molecule has 1 aromatic rings. The van der Waals surface area contributed by atoms with E-state index in [0.29, 0.717) is 25.7 Å². The van der Waals surface area contributed by atoms with Crippen LogP contribution in [0.2, 0.25) is 0 Å². The Bertz CT molecular complexity index is 414. The largest absolute Gasteiger partial charge is 0.494 e. The summed E-state index contributed by atoms with van der Waals surface area (Å²) in [6, 6.07) is 7.47. The molecule has 0 aromatic heterocycles. The van der Waals surface area contributed by atoms with Crippen LogP contribution >= 0.6 is 0 Å². The molecule has 1 aromatic carbocycles. The molecule has 2 atom stereocenters. The third kappa shape index (κ3) is 2.91. The molecule has 1 fully saturated rings. The van der Waals surface area contributed by atoms with Crippen LogP contribution in [-0.4, -0.2) is 25.6 Å². The summed E-state index contributed by atoms with van der Waals surface area (Å²) in [5.41, 5.74) is 0.750. The van der Waals surface area contributed by atoms with Crippen molar-refractivity contribution in [3.05, 3.63) is 29.8 Å². The van der Waals surface area contributed by atoms with Crippen molar-refractivity contribution < 1.29 is 14.3 Å². The molecule has 98 valence electrons. The Labute approximate surface area is 108 Å². The molecule has 1 aliphatic rings. The predicted molar refractivity (Wildman–Crippen MR) is 70.0 cm³/mol. The normalized spacial score (nSPS) is 23.7. The van der Waals surface area contributed by atoms with Crippen molar-refractivity contribution in [2.24, 2.45) is 11.8 Å². The third-order valence-electron chi connectivity index (χ3n) is 3.41. The van der Waals surface area contributed by atoms with Gasteiger partial charge in [0.25, 0.3) is 0 Å². The van der Waals surface area contributed by atoms with E-state index >= 15 is 0 Å². The van der Waals surface area contributed by atoms with Crippen molar-refractivity contribution in [1.29, 1.82) is 0 Å². The van der Waals surface area contributed by atoms with Crippen molar-refractivity contribution in [3.63, 3.8) is 0 Å². The van der Waals surface area contributed by atoms with Gasteiger partial charge in [0.1, 0.15) is 5.75 Å². The minimum Gasteiger partial charge on any atom is -0.494 e. The van der Waals surface area contributed by atoms with Crippen LogP contribution in [0.1, 0.15) is 30.6 Å². The first-order chi connectivity index (χ1) is 8.72. The molecule has 0 bridgehead atoms. The van der Waals surface area contributed by atoms with E-state index in [-0.39, 0.29) is 11.7 Å². The minimum atomic E-state index is 0.0793. The van der Waals surface area contributed by atoms with Crippen LogP contribution in [0.25, 0.3) is 0 Å². The van der Waals surface area contributed by atoms with Crippen molar-refractivity contribution in [2.45, 2.75) is 20.3 Å². The van der Waals surface area contributed by atoms with Gasteiger partial charge in [0.15, 0.2) is 5.78 Å². The molecule has 3 nitrogen and oxygen atoms in total. The molecular formula is C15H20O3. The zero-order valence-electron chi connectivity index (χ0n) is 11.0. The van der Waals surface area contributed by atoms with E-state index in [2.05, 4.69) is 6.92 Å². The van der Waals surface area contributed by atoms with Crippen LogP contribution in [0.15, 0.2) is 24.3 Å². The summed E-state index contributed by atoms with van der Waals surface area (Å²) >= 11 is 0. The summed E-state index contributed by atoms with van der Waals surface area (Å²) in [7, 11) is 0. The first kappa shape index (κ1) is 13.1. The highest BCUT2D eigenvalue weighted by Crippen LogP contribution is 2.26. The Kier molecular flexibility index (Phi) is 4.37. The van der Waals surface area contributed by atoms with E-state index < -0.39 is 0 Å². The zero-order chi connectivity index (χ0) is 13.0. The lowest BCUT2D eigenvalue weighted by Gasteiger charge is -2.27. The second-order valence-corrected chi connectivity index (χ2v) is 4.77. The van der Waals surface area contributed by atoms with E-state index in [1.807, 2.05) is 31.2 Å². The maximum Gasteiger partial charge on any atom is 0.166 e. The Balaban J connectivity index is 2.14. The smallest absolute Gasteiger partial charge is 0.166 e. The number of benzene rings is 1. The number of rotatable bonds is 4. The Morgan fingerprint density at radius 3 is 3.06 bits per heavy atom. The molecule has 3 heteroatoms. The van der Waals surface area contributed by atoms with E-state index in [1.54, 1.807) is 0 Å². The predicted octanol–water partition coefficient (Wildman–Crippen LogP) is 2.94. The quantitative estimate of drug-likeness (QED) is 0.768. The summed E-state index contributed by atoms with van der Waals surface area (Å²) in [5, 5.41) is 0. The SMILES string of the molecule is CCOc1cccc(C(=O)C2CCOCC2C)c1. The topological polar surface area (TPSA) is 35.5 Å². The lowest BCUT2D eigenvalue weighted by Crippen LogP contribution is -2.31. The van der Waals surface area contributed by atoms with Crippen LogP contribution < -0.4 is 4.74 Å². The molecule has 18 heavy (non-hydrogen) atoms. The van der Waals surface area contributed by atoms with Gasteiger partial charge in [-0.25, -0.2) is 0 Å². The fourth-order valence-corrected chi connectivity index (χ4v) is 2.39. The van der Waals surface area contributed by atoms with Crippen molar-refractivity contribution in [2.75, 3.05) is 19.8 Å². The van der Waals surface area contributed by atoms with Gasteiger partial charge in [0.2, 0.25) is 0 Å². The third-order valence-corrected chi connectivity index (χ3v) is 3.41. The highest BCUT2D eigenvalue weighted by atomic mass is 16.5. The molecule has 0 spiro atoms. The molecule has 0 aliphatic carbocycles. The van der Waals surface area contributed by atoms with Gasteiger partial charge in [0, 0.05) is 24.7 Å². The average molecular weight is 248 g/mol. The average Bonchev–Trinajstić information content (AvgIpc) is 2.39. The van der Waals surface area contributed by atoms with Gasteiger partial charge >= 0.3 is 0 Å². The van der Waals surface area contributed by atoms with Gasteiger partial charge in [-0.15, -0.1) is 0 Å². The maximum atomic E-state index is 12.5. The monoisotopic (exact) mass is 248 g/mol. The molecule has 2 rings (SSSR count). The molecule has 0 radical (unpaired) electrons. The van der Waals surface area contributed by atoms with E-state index in [1.165, 1.54) is 0 Å². The molecule has 0 saturated carbocycles. The van der Waals surface area contributed by atoms with E-state index in [0.717, 1.165) is 17.7 Å². The second-order valence-electron chi connectivity index (χ2n) is 4.77. The molecule has 1 heterocycles. The van der Waals surface area contributed by atoms with Crippen molar-refractivity contribution in [3.8, 4) is 5.75 Å².